The van der Waals surface area contributed by atoms with Crippen LogP contribution in [0.4, 0.5) is 10.1 Å². The van der Waals surface area contributed by atoms with Crippen LogP contribution in [0.25, 0.3) is 33.4 Å². The highest BCUT2D eigenvalue weighted by Gasteiger charge is 2.15. The van der Waals surface area contributed by atoms with E-state index in [1.165, 1.54) is 18.2 Å². The highest BCUT2D eigenvalue weighted by molar-refractivity contribution is 5.87. The SMILES string of the molecule is O=[N+]([O-])c1cccc(-c2cc(OCc3ccccc3F)nc(-c3ccc4cc(OCCN5CCOCC5)ccc4c3)n2)c1. The van der Waals surface area contributed by atoms with Crippen LogP contribution in [0.5, 0.6) is 11.6 Å². The van der Waals surface area contributed by atoms with Crippen molar-refractivity contribution in [2.75, 3.05) is 39.5 Å². The lowest BCUT2D eigenvalue weighted by atomic mass is 10.1. The van der Waals surface area contributed by atoms with Gasteiger partial charge in [-0.05, 0) is 35.0 Å². The monoisotopic (exact) mass is 580 g/mol. The summed E-state index contributed by atoms with van der Waals surface area (Å²) in [6.45, 7) is 4.76. The van der Waals surface area contributed by atoms with Crippen LogP contribution < -0.4 is 9.47 Å². The predicted octanol–water partition coefficient (Wildman–Crippen LogP) is 6.30. The Balaban J connectivity index is 1.27. The molecule has 1 aliphatic heterocycles. The first-order chi connectivity index (χ1) is 21.0. The molecule has 1 aromatic heterocycles. The zero-order chi connectivity index (χ0) is 29.6. The number of nitrogens with zero attached hydrogens (tertiary/aromatic N) is 4. The van der Waals surface area contributed by atoms with Gasteiger partial charge in [0, 0.05) is 54.5 Å². The third-order valence-electron chi connectivity index (χ3n) is 7.24. The molecule has 0 radical (unpaired) electrons. The molecule has 10 heteroatoms. The van der Waals surface area contributed by atoms with Gasteiger partial charge in [0.2, 0.25) is 5.88 Å². The third kappa shape index (κ3) is 6.94. The zero-order valence-corrected chi connectivity index (χ0v) is 23.3. The molecule has 1 saturated heterocycles. The molecular weight excluding hydrogens is 551 g/mol. The molecule has 0 bridgehead atoms. The van der Waals surface area contributed by atoms with Crippen LogP contribution in [0.1, 0.15) is 5.56 Å². The predicted molar refractivity (Wildman–Crippen MR) is 161 cm³/mol. The Hall–Kier alpha value is -4.93. The van der Waals surface area contributed by atoms with Crippen molar-refractivity contribution in [1.29, 1.82) is 0 Å². The van der Waals surface area contributed by atoms with E-state index in [-0.39, 0.29) is 24.0 Å². The van der Waals surface area contributed by atoms with E-state index in [0.29, 0.717) is 29.3 Å². The molecule has 0 N–H and O–H groups in total. The van der Waals surface area contributed by atoms with E-state index in [0.717, 1.165) is 54.9 Å². The van der Waals surface area contributed by atoms with Crippen LogP contribution in [-0.2, 0) is 11.3 Å². The fourth-order valence-electron chi connectivity index (χ4n) is 4.89. The Morgan fingerprint density at radius 3 is 2.51 bits per heavy atom. The Labute approximate surface area is 247 Å². The van der Waals surface area contributed by atoms with Crippen molar-refractivity contribution in [3.05, 3.63) is 112 Å². The molecule has 2 heterocycles. The summed E-state index contributed by atoms with van der Waals surface area (Å²) in [5, 5.41) is 13.4. The van der Waals surface area contributed by atoms with Crippen LogP contribution in [0.2, 0.25) is 0 Å². The van der Waals surface area contributed by atoms with Crippen molar-refractivity contribution in [1.82, 2.24) is 14.9 Å². The van der Waals surface area contributed by atoms with Gasteiger partial charge in [0.1, 0.15) is 24.8 Å². The molecule has 1 aliphatic rings. The van der Waals surface area contributed by atoms with Gasteiger partial charge in [0.25, 0.3) is 5.69 Å². The smallest absolute Gasteiger partial charge is 0.270 e. The quantitative estimate of drug-likeness (QED) is 0.140. The van der Waals surface area contributed by atoms with E-state index >= 15 is 0 Å². The van der Waals surface area contributed by atoms with Gasteiger partial charge in [0.15, 0.2) is 5.82 Å². The van der Waals surface area contributed by atoms with Gasteiger partial charge in [-0.1, -0.05) is 48.5 Å². The van der Waals surface area contributed by atoms with E-state index in [4.69, 9.17) is 19.2 Å². The highest BCUT2D eigenvalue weighted by atomic mass is 19.1. The van der Waals surface area contributed by atoms with Gasteiger partial charge in [-0.3, -0.25) is 15.0 Å². The number of ether oxygens (including phenoxy) is 3. The number of non-ortho nitro benzene ring substituents is 1. The van der Waals surface area contributed by atoms with Crippen molar-refractivity contribution in [3.63, 3.8) is 0 Å². The van der Waals surface area contributed by atoms with Gasteiger partial charge in [-0.2, -0.15) is 4.98 Å². The summed E-state index contributed by atoms with van der Waals surface area (Å²) in [5.74, 6) is 1.01. The average molecular weight is 581 g/mol. The standard InChI is InChI=1S/C33H29FN4O5/c34-30-7-2-1-4-27(30)22-43-32-21-31(25-5-3-6-28(19-25)38(39)40)35-33(36-32)26-9-8-24-20-29(11-10-23(24)18-26)42-17-14-37-12-15-41-16-13-37/h1-11,18-21H,12-17,22H2. The number of hydrogen-bond acceptors (Lipinski definition) is 8. The number of benzene rings is 4. The molecule has 4 aromatic carbocycles. The Bertz CT molecular complexity index is 1760. The van der Waals surface area contributed by atoms with Gasteiger partial charge < -0.3 is 14.2 Å². The van der Waals surface area contributed by atoms with E-state index < -0.39 is 4.92 Å². The minimum Gasteiger partial charge on any atom is -0.492 e. The fraction of sp³-hybridized carbons (Fsp3) is 0.212. The number of halogens is 1. The maximum absolute atomic E-state index is 14.2. The van der Waals surface area contributed by atoms with Crippen LogP contribution in [0.15, 0.2) is 91.0 Å². The molecule has 0 unspecified atom stereocenters. The van der Waals surface area contributed by atoms with Gasteiger partial charge >= 0.3 is 0 Å². The first-order valence-electron chi connectivity index (χ1n) is 14.0. The van der Waals surface area contributed by atoms with Crippen molar-refractivity contribution in [2.45, 2.75) is 6.61 Å². The third-order valence-corrected chi connectivity index (χ3v) is 7.24. The Morgan fingerprint density at radius 2 is 1.67 bits per heavy atom. The summed E-state index contributed by atoms with van der Waals surface area (Å²) >= 11 is 0. The summed E-state index contributed by atoms with van der Waals surface area (Å²) < 4.78 is 31.6. The second-order valence-electron chi connectivity index (χ2n) is 10.1. The van der Waals surface area contributed by atoms with Crippen LogP contribution in [0, 0.1) is 15.9 Å². The molecule has 9 nitrogen and oxygen atoms in total. The van der Waals surface area contributed by atoms with Crippen LogP contribution in [0.3, 0.4) is 0 Å². The van der Waals surface area contributed by atoms with Gasteiger partial charge in [-0.25, -0.2) is 9.37 Å². The van der Waals surface area contributed by atoms with Gasteiger partial charge in [0.05, 0.1) is 23.8 Å². The van der Waals surface area contributed by atoms with E-state index in [2.05, 4.69) is 9.88 Å². The number of rotatable bonds is 10. The lowest BCUT2D eigenvalue weighted by Gasteiger charge is -2.26. The maximum atomic E-state index is 14.2. The number of fused-ring (bicyclic) bond motifs is 1. The van der Waals surface area contributed by atoms with Crippen molar-refractivity contribution >= 4 is 16.5 Å². The summed E-state index contributed by atoms with van der Waals surface area (Å²) in [5.41, 5.74) is 2.04. The molecule has 218 valence electrons. The summed E-state index contributed by atoms with van der Waals surface area (Å²) in [6, 6.07) is 26.0. The second kappa shape index (κ2) is 12.9. The topological polar surface area (TPSA) is 99.9 Å². The molecular formula is C33H29FN4O5. The molecule has 5 aromatic rings. The van der Waals surface area contributed by atoms with E-state index in [1.54, 1.807) is 36.4 Å². The molecule has 0 amide bonds. The van der Waals surface area contributed by atoms with Crippen molar-refractivity contribution in [3.8, 4) is 34.3 Å². The zero-order valence-electron chi connectivity index (χ0n) is 23.3. The minimum atomic E-state index is -0.453. The van der Waals surface area contributed by atoms with E-state index in [9.17, 15) is 14.5 Å². The number of aromatic nitrogens is 2. The Morgan fingerprint density at radius 1 is 0.860 bits per heavy atom. The number of nitro benzene ring substituents is 1. The van der Waals surface area contributed by atoms with E-state index in [1.807, 2.05) is 36.4 Å². The largest absolute Gasteiger partial charge is 0.492 e. The number of morpholine rings is 1. The van der Waals surface area contributed by atoms with Crippen LogP contribution >= 0.6 is 0 Å². The Kier molecular flexibility index (Phi) is 8.48. The molecule has 6 rings (SSSR count). The maximum Gasteiger partial charge on any atom is 0.270 e. The highest BCUT2D eigenvalue weighted by Crippen LogP contribution is 2.30. The van der Waals surface area contributed by atoms with Crippen molar-refractivity contribution < 1.29 is 23.5 Å². The molecule has 0 atom stereocenters. The normalized spacial score (nSPS) is 13.6. The summed E-state index contributed by atoms with van der Waals surface area (Å²) in [6.07, 6.45) is 0. The fourth-order valence-corrected chi connectivity index (χ4v) is 4.89. The average Bonchev–Trinajstić information content (AvgIpc) is 3.04. The first kappa shape index (κ1) is 28.2. The second-order valence-corrected chi connectivity index (χ2v) is 10.1. The summed E-state index contributed by atoms with van der Waals surface area (Å²) in [7, 11) is 0. The molecule has 0 spiro atoms. The first-order valence-corrected chi connectivity index (χ1v) is 14.0. The summed E-state index contributed by atoms with van der Waals surface area (Å²) in [4.78, 5) is 22.6. The lowest BCUT2D eigenvalue weighted by Crippen LogP contribution is -2.38. The minimum absolute atomic E-state index is 0.0382. The lowest BCUT2D eigenvalue weighted by molar-refractivity contribution is -0.384. The molecule has 43 heavy (non-hydrogen) atoms. The molecule has 0 aliphatic carbocycles. The van der Waals surface area contributed by atoms with Crippen LogP contribution in [-0.4, -0.2) is 59.2 Å². The number of nitro groups is 1. The number of hydrogen-bond donors (Lipinski definition) is 0. The molecule has 0 saturated carbocycles. The molecule has 1 fully saturated rings. The van der Waals surface area contributed by atoms with Gasteiger partial charge in [-0.15, -0.1) is 0 Å². The van der Waals surface area contributed by atoms with Crippen molar-refractivity contribution in [2.24, 2.45) is 0 Å².